The van der Waals surface area contributed by atoms with Crippen LogP contribution in [0.1, 0.15) is 6.42 Å². The van der Waals surface area contributed by atoms with Crippen molar-refractivity contribution >= 4 is 33.2 Å². The van der Waals surface area contributed by atoms with Gasteiger partial charge in [-0.2, -0.15) is 0 Å². The van der Waals surface area contributed by atoms with Crippen molar-refractivity contribution in [3.05, 3.63) is 23.2 Å². The van der Waals surface area contributed by atoms with Gasteiger partial charge in [0.2, 0.25) is 15.9 Å². The summed E-state index contributed by atoms with van der Waals surface area (Å²) in [6, 6.07) is 4.26. The molecule has 0 saturated carbocycles. The minimum absolute atomic E-state index is 0.0119. The molecule has 1 atom stereocenters. The van der Waals surface area contributed by atoms with Crippen LogP contribution in [-0.4, -0.2) is 31.7 Å². The average Bonchev–Trinajstić information content (AvgIpc) is 2.60. The van der Waals surface area contributed by atoms with E-state index < -0.39 is 10.0 Å². The van der Waals surface area contributed by atoms with Gasteiger partial charge >= 0.3 is 0 Å². The Morgan fingerprint density at radius 3 is 2.79 bits per heavy atom. The number of benzene rings is 1. The molecule has 1 fully saturated rings. The van der Waals surface area contributed by atoms with Gasteiger partial charge < -0.3 is 10.0 Å². The third kappa shape index (κ3) is 3.37. The number of phenolic OH excluding ortho intramolecular Hbond substituents is 1. The van der Waals surface area contributed by atoms with E-state index in [1.807, 2.05) is 0 Å². The van der Waals surface area contributed by atoms with Crippen LogP contribution in [0.4, 0.5) is 5.69 Å². The summed E-state index contributed by atoms with van der Waals surface area (Å²) in [6.45, 7) is 0.221. The standard InChI is InChI=1S/C11H13ClN2O4S/c12-9-2-1-8(15)4-10(9)14-5-7(3-11(14)16)6-19(13,17)18/h1-2,4,7,15H,3,5-6H2,(H2,13,17,18). The van der Waals surface area contributed by atoms with Crippen molar-refractivity contribution < 1.29 is 18.3 Å². The van der Waals surface area contributed by atoms with Crippen molar-refractivity contribution in [1.29, 1.82) is 0 Å². The molecule has 0 spiro atoms. The summed E-state index contributed by atoms with van der Waals surface area (Å²) >= 11 is 5.97. The Kier molecular flexibility index (Phi) is 3.71. The van der Waals surface area contributed by atoms with E-state index in [0.717, 1.165) is 0 Å². The maximum atomic E-state index is 11.9. The molecule has 1 aliphatic heterocycles. The van der Waals surface area contributed by atoms with Crippen molar-refractivity contribution in [2.75, 3.05) is 17.2 Å². The van der Waals surface area contributed by atoms with Gasteiger partial charge in [-0.05, 0) is 12.1 Å². The van der Waals surface area contributed by atoms with Crippen LogP contribution in [0.15, 0.2) is 18.2 Å². The molecule has 0 bridgehead atoms. The third-order valence-corrected chi connectivity index (χ3v) is 4.15. The number of hydrogen-bond acceptors (Lipinski definition) is 4. The zero-order valence-electron chi connectivity index (χ0n) is 9.91. The number of primary sulfonamides is 1. The van der Waals surface area contributed by atoms with Crippen molar-refractivity contribution in [2.24, 2.45) is 11.1 Å². The topological polar surface area (TPSA) is 101 Å². The lowest BCUT2D eigenvalue weighted by atomic mass is 10.1. The van der Waals surface area contributed by atoms with Crippen LogP contribution in [0.2, 0.25) is 5.02 Å². The lowest BCUT2D eigenvalue weighted by Gasteiger charge is -2.18. The number of carbonyl (C=O) groups excluding carboxylic acids is 1. The van der Waals surface area contributed by atoms with E-state index in [0.29, 0.717) is 10.7 Å². The molecule has 1 unspecified atom stereocenters. The van der Waals surface area contributed by atoms with Gasteiger partial charge in [0.1, 0.15) is 5.75 Å². The van der Waals surface area contributed by atoms with Gasteiger partial charge in [-0.15, -0.1) is 0 Å². The minimum Gasteiger partial charge on any atom is -0.508 e. The fourth-order valence-corrected chi connectivity index (χ4v) is 3.26. The minimum atomic E-state index is -3.62. The Morgan fingerprint density at radius 2 is 2.16 bits per heavy atom. The number of halogens is 1. The lowest BCUT2D eigenvalue weighted by Crippen LogP contribution is -2.27. The van der Waals surface area contributed by atoms with Crippen molar-refractivity contribution in [3.8, 4) is 5.75 Å². The summed E-state index contributed by atoms with van der Waals surface area (Å²) in [7, 11) is -3.62. The number of carbonyl (C=O) groups is 1. The zero-order valence-corrected chi connectivity index (χ0v) is 11.5. The molecule has 104 valence electrons. The lowest BCUT2D eigenvalue weighted by molar-refractivity contribution is -0.117. The van der Waals surface area contributed by atoms with E-state index >= 15 is 0 Å². The SMILES string of the molecule is NS(=O)(=O)CC1CC(=O)N(c2cc(O)ccc2Cl)C1. The highest BCUT2D eigenvalue weighted by Crippen LogP contribution is 2.33. The Bertz CT molecular complexity index is 617. The predicted octanol–water partition coefficient (Wildman–Crippen LogP) is 0.687. The molecule has 8 heteroatoms. The molecule has 19 heavy (non-hydrogen) atoms. The number of anilines is 1. The summed E-state index contributed by atoms with van der Waals surface area (Å²) in [6.07, 6.45) is 0.0996. The van der Waals surface area contributed by atoms with E-state index in [1.54, 1.807) is 0 Å². The fraction of sp³-hybridized carbons (Fsp3) is 0.364. The maximum Gasteiger partial charge on any atom is 0.227 e. The van der Waals surface area contributed by atoms with Crippen LogP contribution >= 0.6 is 11.6 Å². The number of sulfonamides is 1. The molecule has 6 nitrogen and oxygen atoms in total. The molecule has 1 aromatic carbocycles. The highest BCUT2D eigenvalue weighted by atomic mass is 35.5. The molecular formula is C11H13ClN2O4S. The highest BCUT2D eigenvalue weighted by molar-refractivity contribution is 7.89. The van der Waals surface area contributed by atoms with E-state index in [2.05, 4.69) is 0 Å². The molecule has 1 aliphatic rings. The van der Waals surface area contributed by atoms with Gasteiger partial charge in [0, 0.05) is 24.9 Å². The zero-order chi connectivity index (χ0) is 14.2. The van der Waals surface area contributed by atoms with Gasteiger partial charge in [-0.3, -0.25) is 4.79 Å². The predicted molar refractivity (Wildman–Crippen MR) is 71.6 cm³/mol. The molecule has 0 aromatic heterocycles. The van der Waals surface area contributed by atoms with Gasteiger partial charge in [0.15, 0.2) is 0 Å². The van der Waals surface area contributed by atoms with Crippen molar-refractivity contribution in [2.45, 2.75) is 6.42 Å². The van der Waals surface area contributed by atoms with Gasteiger partial charge in [0.05, 0.1) is 16.5 Å². The van der Waals surface area contributed by atoms with Crippen LogP contribution < -0.4 is 10.0 Å². The second-order valence-electron chi connectivity index (χ2n) is 4.54. The smallest absolute Gasteiger partial charge is 0.227 e. The number of nitrogens with two attached hydrogens (primary N) is 1. The first-order valence-corrected chi connectivity index (χ1v) is 7.65. The summed E-state index contributed by atoms with van der Waals surface area (Å²) in [5.41, 5.74) is 0.378. The first kappa shape index (κ1) is 14.1. The van der Waals surface area contributed by atoms with Crippen molar-refractivity contribution in [1.82, 2.24) is 0 Å². The molecule has 3 N–H and O–H groups in total. The number of aromatic hydroxyl groups is 1. The van der Waals surface area contributed by atoms with E-state index in [-0.39, 0.29) is 36.3 Å². The van der Waals surface area contributed by atoms with Crippen LogP contribution in [-0.2, 0) is 14.8 Å². The first-order chi connectivity index (χ1) is 8.76. The summed E-state index contributed by atoms with van der Waals surface area (Å²) in [4.78, 5) is 13.3. The van der Waals surface area contributed by atoms with E-state index in [1.165, 1.54) is 23.1 Å². The summed E-state index contributed by atoms with van der Waals surface area (Å²) in [5, 5.41) is 14.7. The van der Waals surface area contributed by atoms with Crippen molar-refractivity contribution in [3.63, 3.8) is 0 Å². The van der Waals surface area contributed by atoms with E-state index in [4.69, 9.17) is 16.7 Å². The molecule has 1 heterocycles. The fourth-order valence-electron chi connectivity index (χ4n) is 2.16. The Labute approximate surface area is 115 Å². The number of amides is 1. The van der Waals surface area contributed by atoms with Gasteiger partial charge in [0.25, 0.3) is 0 Å². The largest absolute Gasteiger partial charge is 0.508 e. The van der Waals surface area contributed by atoms with Crippen LogP contribution in [0.3, 0.4) is 0 Å². The van der Waals surface area contributed by atoms with Crippen LogP contribution in [0.25, 0.3) is 0 Å². The normalized spacial score (nSPS) is 20.0. The molecule has 1 amide bonds. The Morgan fingerprint density at radius 1 is 1.47 bits per heavy atom. The third-order valence-electron chi connectivity index (χ3n) is 2.89. The number of rotatable bonds is 3. The quantitative estimate of drug-likeness (QED) is 0.857. The maximum absolute atomic E-state index is 11.9. The molecule has 0 aliphatic carbocycles. The Balaban J connectivity index is 2.23. The van der Waals surface area contributed by atoms with Gasteiger partial charge in [-0.1, -0.05) is 11.6 Å². The van der Waals surface area contributed by atoms with Gasteiger partial charge in [-0.25, -0.2) is 13.6 Å². The molecular weight excluding hydrogens is 292 g/mol. The molecule has 1 saturated heterocycles. The second kappa shape index (κ2) is 4.99. The first-order valence-electron chi connectivity index (χ1n) is 5.55. The summed E-state index contributed by atoms with van der Waals surface area (Å²) < 4.78 is 22.1. The monoisotopic (exact) mass is 304 g/mol. The second-order valence-corrected chi connectivity index (χ2v) is 6.61. The van der Waals surface area contributed by atoms with Crippen LogP contribution in [0.5, 0.6) is 5.75 Å². The number of nitrogens with zero attached hydrogens (tertiary/aromatic N) is 1. The molecule has 1 aromatic rings. The summed E-state index contributed by atoms with van der Waals surface area (Å²) in [5.74, 6) is -0.852. The molecule has 0 radical (unpaired) electrons. The highest BCUT2D eigenvalue weighted by Gasteiger charge is 2.33. The van der Waals surface area contributed by atoms with E-state index in [9.17, 15) is 18.3 Å². The number of phenols is 1. The average molecular weight is 305 g/mol. The van der Waals surface area contributed by atoms with Crippen LogP contribution in [0, 0.1) is 5.92 Å². The molecule has 2 rings (SSSR count). The number of hydrogen-bond donors (Lipinski definition) is 2. The Hall–Kier alpha value is -1.31.